The number of fused-ring (bicyclic) bond motifs is 4. The number of rotatable bonds is 3. The van der Waals surface area contributed by atoms with Crippen molar-refractivity contribution in [3.8, 4) is 22.6 Å². The number of anilines is 2. The Hall–Kier alpha value is -3.46. The Bertz CT molecular complexity index is 1500. The van der Waals surface area contributed by atoms with Gasteiger partial charge in [0.25, 0.3) is 6.71 Å². The molecule has 4 aromatic rings. The van der Waals surface area contributed by atoms with E-state index in [9.17, 15) is 0 Å². The van der Waals surface area contributed by atoms with Crippen LogP contribution in [-0.4, -0.2) is 12.3 Å². The second-order valence-electron chi connectivity index (χ2n) is 10.7. The number of para-hydroxylation sites is 1. The van der Waals surface area contributed by atoms with Gasteiger partial charge >= 0.3 is 0 Å². The van der Waals surface area contributed by atoms with Gasteiger partial charge in [-0.1, -0.05) is 87.5 Å². The molecule has 172 valence electrons. The normalized spacial score (nSPS) is 22.9. The minimum Gasteiger partial charge on any atom is -0.458 e. The van der Waals surface area contributed by atoms with Gasteiger partial charge in [-0.25, -0.2) is 0 Å². The van der Waals surface area contributed by atoms with Gasteiger partial charge in [0.1, 0.15) is 11.5 Å². The Morgan fingerprint density at radius 1 is 0.743 bits per heavy atom. The van der Waals surface area contributed by atoms with Crippen LogP contribution in [0.25, 0.3) is 11.1 Å². The van der Waals surface area contributed by atoms with Gasteiger partial charge in [0.15, 0.2) is 0 Å². The lowest BCUT2D eigenvalue weighted by molar-refractivity contribution is 0.261. The summed E-state index contributed by atoms with van der Waals surface area (Å²) in [4.78, 5) is 2.67. The summed E-state index contributed by atoms with van der Waals surface area (Å²) in [7, 11) is 0. The summed E-state index contributed by atoms with van der Waals surface area (Å²) in [6.07, 6.45) is 2.19. The van der Waals surface area contributed by atoms with E-state index < -0.39 is 0 Å². The molecule has 3 heteroatoms. The van der Waals surface area contributed by atoms with Gasteiger partial charge in [-0.3, -0.25) is 0 Å². The molecule has 7 rings (SSSR count). The molecule has 0 amide bonds. The maximum atomic E-state index is 6.59. The van der Waals surface area contributed by atoms with Gasteiger partial charge in [-0.15, -0.1) is 0 Å². The zero-order valence-corrected chi connectivity index (χ0v) is 20.9. The van der Waals surface area contributed by atoms with Gasteiger partial charge < -0.3 is 9.64 Å². The fourth-order valence-corrected chi connectivity index (χ4v) is 7.16. The lowest BCUT2D eigenvalue weighted by Crippen LogP contribution is -2.62. The standard InChI is InChI=1S/C32H30BNO/c1-5-31(3)23-14-10-15-24-30(23)34(32(31,4)6-2)26-16-11-17-28-29(26)33(24)25-20-22(18-19-27(25)35-28)21-12-8-7-9-13-21/h7-20H,5-6H2,1-4H3. The number of hydrogen-bond acceptors (Lipinski definition) is 2. The van der Waals surface area contributed by atoms with Gasteiger partial charge in [0, 0.05) is 16.8 Å². The molecule has 3 aliphatic rings. The first-order chi connectivity index (χ1) is 17.0. The number of nitrogens with zero attached hydrogens (tertiary/aromatic N) is 1. The van der Waals surface area contributed by atoms with E-state index in [-0.39, 0.29) is 17.7 Å². The molecule has 35 heavy (non-hydrogen) atoms. The van der Waals surface area contributed by atoms with Gasteiger partial charge in [-0.2, -0.15) is 0 Å². The maximum Gasteiger partial charge on any atom is 0.256 e. The Morgan fingerprint density at radius 2 is 1.54 bits per heavy atom. The van der Waals surface area contributed by atoms with Crippen LogP contribution in [0.2, 0.25) is 0 Å². The van der Waals surface area contributed by atoms with Crippen LogP contribution in [0.1, 0.15) is 46.1 Å². The van der Waals surface area contributed by atoms with E-state index >= 15 is 0 Å². The molecule has 0 bridgehead atoms. The van der Waals surface area contributed by atoms with E-state index in [1.165, 1.54) is 44.5 Å². The molecule has 0 radical (unpaired) electrons. The van der Waals surface area contributed by atoms with Crippen molar-refractivity contribution in [3.05, 3.63) is 90.5 Å². The van der Waals surface area contributed by atoms with E-state index in [1.807, 2.05) is 0 Å². The molecule has 2 atom stereocenters. The average Bonchev–Trinajstić information content (AvgIpc) is 3.12. The quantitative estimate of drug-likeness (QED) is 0.297. The average molecular weight is 455 g/mol. The predicted octanol–water partition coefficient (Wildman–Crippen LogP) is 6.28. The lowest BCUT2D eigenvalue weighted by atomic mass is 9.34. The molecule has 2 unspecified atom stereocenters. The topological polar surface area (TPSA) is 12.5 Å². The third kappa shape index (κ3) is 2.46. The van der Waals surface area contributed by atoms with Crippen molar-refractivity contribution >= 4 is 34.5 Å². The summed E-state index contributed by atoms with van der Waals surface area (Å²) in [5.41, 5.74) is 10.8. The highest BCUT2D eigenvalue weighted by Crippen LogP contribution is 2.58. The summed E-state index contributed by atoms with van der Waals surface area (Å²) in [6, 6.07) is 31.0. The highest BCUT2D eigenvalue weighted by Gasteiger charge is 2.58. The van der Waals surface area contributed by atoms with E-state index in [0.29, 0.717) is 0 Å². The number of benzene rings is 4. The van der Waals surface area contributed by atoms with Crippen LogP contribution in [0.15, 0.2) is 84.9 Å². The summed E-state index contributed by atoms with van der Waals surface area (Å²) in [6.45, 7) is 9.80. The molecule has 0 saturated heterocycles. The molecule has 0 N–H and O–H groups in total. The molecule has 3 aliphatic heterocycles. The minimum absolute atomic E-state index is 0.00750. The minimum atomic E-state index is -0.00750. The van der Waals surface area contributed by atoms with Crippen LogP contribution in [0.4, 0.5) is 11.4 Å². The van der Waals surface area contributed by atoms with Crippen LogP contribution in [-0.2, 0) is 5.41 Å². The highest BCUT2D eigenvalue weighted by atomic mass is 16.5. The Balaban J connectivity index is 1.54. The molecular formula is C32H30BNO. The molecule has 3 heterocycles. The van der Waals surface area contributed by atoms with Gasteiger partial charge in [0.05, 0.1) is 5.54 Å². The third-order valence-corrected chi connectivity index (χ3v) is 9.49. The summed E-state index contributed by atoms with van der Waals surface area (Å²) < 4.78 is 6.59. The third-order valence-electron chi connectivity index (χ3n) is 9.49. The fourth-order valence-electron chi connectivity index (χ4n) is 7.16. The van der Waals surface area contributed by atoms with Crippen LogP contribution in [0, 0.1) is 0 Å². The second-order valence-corrected chi connectivity index (χ2v) is 10.7. The van der Waals surface area contributed by atoms with Crippen LogP contribution >= 0.6 is 0 Å². The van der Waals surface area contributed by atoms with E-state index in [0.717, 1.165) is 24.3 Å². The molecule has 0 saturated carbocycles. The van der Waals surface area contributed by atoms with Crippen molar-refractivity contribution in [1.29, 1.82) is 0 Å². The van der Waals surface area contributed by atoms with E-state index in [4.69, 9.17) is 4.74 Å². The van der Waals surface area contributed by atoms with Crippen molar-refractivity contribution < 1.29 is 4.74 Å². The second kappa shape index (κ2) is 7.04. The SMILES string of the molecule is CCC1(C)c2cccc3c2N(c2cccc4c2B3c2cc(-c3ccccc3)ccc2O4)C1(C)CC. The van der Waals surface area contributed by atoms with Gasteiger partial charge in [0.2, 0.25) is 0 Å². The first-order valence-electron chi connectivity index (χ1n) is 13.0. The molecule has 2 nitrogen and oxygen atoms in total. The number of ether oxygens (including phenoxy) is 1. The van der Waals surface area contributed by atoms with Crippen molar-refractivity contribution in [2.75, 3.05) is 4.90 Å². The smallest absolute Gasteiger partial charge is 0.256 e. The molecule has 0 spiro atoms. The first kappa shape index (κ1) is 20.9. The monoisotopic (exact) mass is 455 g/mol. The molecule has 0 fully saturated rings. The molecule has 4 aromatic carbocycles. The molecular weight excluding hydrogens is 425 g/mol. The Kier molecular flexibility index (Phi) is 4.20. The highest BCUT2D eigenvalue weighted by molar-refractivity contribution is 6.99. The zero-order chi connectivity index (χ0) is 23.9. The van der Waals surface area contributed by atoms with Crippen molar-refractivity contribution in [2.45, 2.75) is 51.5 Å². The summed E-state index contributed by atoms with van der Waals surface area (Å²) in [5, 5.41) is 0. The summed E-state index contributed by atoms with van der Waals surface area (Å²) >= 11 is 0. The molecule has 0 aromatic heterocycles. The zero-order valence-electron chi connectivity index (χ0n) is 20.9. The van der Waals surface area contributed by atoms with Gasteiger partial charge in [-0.05, 0) is 71.0 Å². The van der Waals surface area contributed by atoms with Crippen LogP contribution < -0.4 is 26.0 Å². The van der Waals surface area contributed by atoms with Crippen LogP contribution in [0.3, 0.4) is 0 Å². The summed E-state index contributed by atoms with van der Waals surface area (Å²) in [5.74, 6) is 1.96. The fraction of sp³-hybridized carbons (Fsp3) is 0.250. The Morgan fingerprint density at radius 3 is 2.31 bits per heavy atom. The Labute approximate surface area is 208 Å². The van der Waals surface area contributed by atoms with Crippen molar-refractivity contribution in [1.82, 2.24) is 0 Å². The molecule has 0 aliphatic carbocycles. The lowest BCUT2D eigenvalue weighted by Gasteiger charge is -2.49. The van der Waals surface area contributed by atoms with Crippen LogP contribution in [0.5, 0.6) is 11.5 Å². The van der Waals surface area contributed by atoms with E-state index in [1.54, 1.807) is 0 Å². The largest absolute Gasteiger partial charge is 0.458 e. The maximum absolute atomic E-state index is 6.59. The first-order valence-corrected chi connectivity index (χ1v) is 13.0. The number of hydrogen-bond donors (Lipinski definition) is 0. The predicted molar refractivity (Wildman–Crippen MR) is 148 cm³/mol. The van der Waals surface area contributed by atoms with Crippen molar-refractivity contribution in [3.63, 3.8) is 0 Å². The van der Waals surface area contributed by atoms with E-state index in [2.05, 4.69) is 118 Å². The van der Waals surface area contributed by atoms with Crippen molar-refractivity contribution in [2.24, 2.45) is 0 Å².